The highest BCUT2D eigenvalue weighted by Crippen LogP contribution is 2.35. The average molecular weight is 266 g/mol. The van der Waals surface area contributed by atoms with Gasteiger partial charge in [-0.25, -0.2) is 0 Å². The zero-order valence-electron chi connectivity index (χ0n) is 11.0. The molecule has 0 aliphatic carbocycles. The SMILES string of the molecule is CC(=CC(C)O)C(=O)NC1=CC(=O)C2(O)CCCN12. The molecule has 6 heteroatoms. The Morgan fingerprint density at radius 1 is 1.63 bits per heavy atom. The summed E-state index contributed by atoms with van der Waals surface area (Å²) < 4.78 is 0. The van der Waals surface area contributed by atoms with Gasteiger partial charge in [-0.05, 0) is 26.3 Å². The van der Waals surface area contributed by atoms with E-state index in [-0.39, 0.29) is 0 Å². The molecule has 2 rings (SSSR count). The molecule has 0 saturated carbocycles. The van der Waals surface area contributed by atoms with Crippen LogP contribution < -0.4 is 5.32 Å². The summed E-state index contributed by atoms with van der Waals surface area (Å²) in [5.74, 6) is -0.457. The summed E-state index contributed by atoms with van der Waals surface area (Å²) in [6.07, 6.45) is 3.05. The number of carbonyl (C=O) groups is 2. The standard InChI is InChI=1S/C13H18N2O4/c1-8(6-9(2)16)12(18)14-11-7-10(17)13(19)4-3-5-15(11)13/h6-7,9,16,19H,3-5H2,1-2H3,(H,14,18). The minimum atomic E-state index is -1.48. The van der Waals surface area contributed by atoms with Crippen LogP contribution in [0, 0.1) is 0 Å². The van der Waals surface area contributed by atoms with Crippen LogP contribution in [0.1, 0.15) is 26.7 Å². The van der Waals surface area contributed by atoms with Crippen LogP contribution in [0.4, 0.5) is 0 Å². The van der Waals surface area contributed by atoms with Gasteiger partial charge in [0.25, 0.3) is 5.91 Å². The lowest BCUT2D eigenvalue weighted by Crippen LogP contribution is -2.46. The number of amides is 1. The Bertz CT molecular complexity index is 481. The Kier molecular flexibility index (Phi) is 3.47. The number of nitrogens with zero attached hydrogens (tertiary/aromatic N) is 1. The van der Waals surface area contributed by atoms with Crippen molar-refractivity contribution < 1.29 is 19.8 Å². The van der Waals surface area contributed by atoms with Gasteiger partial charge in [0.2, 0.25) is 11.5 Å². The molecular weight excluding hydrogens is 248 g/mol. The molecule has 0 aromatic rings. The molecule has 0 bridgehead atoms. The van der Waals surface area contributed by atoms with E-state index < -0.39 is 23.5 Å². The van der Waals surface area contributed by atoms with E-state index in [0.29, 0.717) is 30.8 Å². The van der Waals surface area contributed by atoms with Crippen molar-refractivity contribution in [3.05, 3.63) is 23.5 Å². The summed E-state index contributed by atoms with van der Waals surface area (Å²) in [7, 11) is 0. The van der Waals surface area contributed by atoms with Gasteiger partial charge in [0.1, 0.15) is 5.82 Å². The molecule has 19 heavy (non-hydrogen) atoms. The van der Waals surface area contributed by atoms with Crippen molar-refractivity contribution in [1.82, 2.24) is 10.2 Å². The number of aliphatic hydroxyl groups is 2. The van der Waals surface area contributed by atoms with Crippen LogP contribution in [0.5, 0.6) is 0 Å². The number of hydrogen-bond acceptors (Lipinski definition) is 5. The van der Waals surface area contributed by atoms with Crippen molar-refractivity contribution in [3.8, 4) is 0 Å². The van der Waals surface area contributed by atoms with Gasteiger partial charge >= 0.3 is 0 Å². The quantitative estimate of drug-likeness (QED) is 0.607. The van der Waals surface area contributed by atoms with E-state index in [0.717, 1.165) is 0 Å². The normalized spacial score (nSPS) is 28.2. The van der Waals surface area contributed by atoms with Crippen molar-refractivity contribution in [2.75, 3.05) is 6.54 Å². The predicted octanol–water partition coefficient (Wildman–Crippen LogP) is -0.362. The van der Waals surface area contributed by atoms with E-state index in [4.69, 9.17) is 0 Å². The number of nitrogens with one attached hydrogen (secondary N) is 1. The Balaban J connectivity index is 2.11. The van der Waals surface area contributed by atoms with Crippen LogP contribution in [0.2, 0.25) is 0 Å². The maximum absolute atomic E-state index is 11.9. The van der Waals surface area contributed by atoms with Gasteiger partial charge in [0, 0.05) is 24.6 Å². The van der Waals surface area contributed by atoms with Crippen LogP contribution in [0.15, 0.2) is 23.5 Å². The minimum absolute atomic E-state index is 0.327. The summed E-state index contributed by atoms with van der Waals surface area (Å²) in [6, 6.07) is 0. The first-order valence-electron chi connectivity index (χ1n) is 6.28. The first kappa shape index (κ1) is 13.8. The first-order chi connectivity index (χ1) is 8.84. The number of hydrogen-bond donors (Lipinski definition) is 3. The smallest absolute Gasteiger partial charge is 0.252 e. The molecule has 2 heterocycles. The second-order valence-corrected chi connectivity index (χ2v) is 5.01. The van der Waals surface area contributed by atoms with E-state index in [1.807, 2.05) is 0 Å². The molecule has 104 valence electrons. The Morgan fingerprint density at radius 3 is 2.95 bits per heavy atom. The number of fused-ring (bicyclic) bond motifs is 1. The third kappa shape index (κ3) is 2.41. The molecule has 0 aromatic carbocycles. The number of carbonyl (C=O) groups excluding carboxylic acids is 2. The lowest BCUT2D eigenvalue weighted by molar-refractivity contribution is -0.142. The Labute approximate surface area is 111 Å². The number of rotatable bonds is 3. The van der Waals surface area contributed by atoms with Gasteiger partial charge in [-0.15, -0.1) is 0 Å². The van der Waals surface area contributed by atoms with Gasteiger partial charge in [-0.1, -0.05) is 0 Å². The summed E-state index contributed by atoms with van der Waals surface area (Å²) in [5.41, 5.74) is -1.12. The number of aliphatic hydroxyl groups excluding tert-OH is 1. The van der Waals surface area contributed by atoms with Gasteiger partial charge < -0.3 is 20.4 Å². The van der Waals surface area contributed by atoms with Gasteiger partial charge in [0.15, 0.2) is 0 Å². The third-order valence-corrected chi connectivity index (χ3v) is 3.40. The monoisotopic (exact) mass is 266 g/mol. The zero-order chi connectivity index (χ0) is 14.2. The van der Waals surface area contributed by atoms with Crippen molar-refractivity contribution in [1.29, 1.82) is 0 Å². The van der Waals surface area contributed by atoms with Gasteiger partial charge in [0.05, 0.1) is 6.10 Å². The fourth-order valence-electron chi connectivity index (χ4n) is 2.45. The van der Waals surface area contributed by atoms with Crippen LogP contribution in [-0.4, -0.2) is 45.2 Å². The molecule has 6 nitrogen and oxygen atoms in total. The highest BCUT2D eigenvalue weighted by Gasteiger charge is 2.50. The first-order valence-corrected chi connectivity index (χ1v) is 6.28. The largest absolute Gasteiger partial charge is 0.389 e. The Hall–Kier alpha value is -1.66. The number of ketones is 1. The van der Waals surface area contributed by atoms with E-state index in [2.05, 4.69) is 5.32 Å². The molecule has 2 aliphatic heterocycles. The molecule has 0 aromatic heterocycles. The molecule has 0 radical (unpaired) electrons. The molecule has 2 unspecified atom stereocenters. The summed E-state index contributed by atoms with van der Waals surface area (Å²) in [5, 5.41) is 22.0. The van der Waals surface area contributed by atoms with Gasteiger partial charge in [-0.2, -0.15) is 0 Å². The topological polar surface area (TPSA) is 89.9 Å². The van der Waals surface area contributed by atoms with E-state index in [9.17, 15) is 19.8 Å². The molecule has 2 atom stereocenters. The average Bonchev–Trinajstić information content (AvgIpc) is 2.78. The van der Waals surface area contributed by atoms with Crippen molar-refractivity contribution >= 4 is 11.7 Å². The predicted molar refractivity (Wildman–Crippen MR) is 67.6 cm³/mol. The highest BCUT2D eigenvalue weighted by molar-refractivity contribution is 6.02. The second-order valence-electron chi connectivity index (χ2n) is 5.01. The van der Waals surface area contributed by atoms with Crippen molar-refractivity contribution in [2.24, 2.45) is 0 Å². The zero-order valence-corrected chi connectivity index (χ0v) is 11.0. The van der Waals surface area contributed by atoms with Crippen LogP contribution >= 0.6 is 0 Å². The van der Waals surface area contributed by atoms with Crippen molar-refractivity contribution in [3.63, 3.8) is 0 Å². The molecule has 1 amide bonds. The molecule has 3 N–H and O–H groups in total. The molecule has 1 fully saturated rings. The molecule has 1 saturated heterocycles. The van der Waals surface area contributed by atoms with Crippen LogP contribution in [-0.2, 0) is 9.59 Å². The lowest BCUT2D eigenvalue weighted by atomic mass is 10.1. The molecular formula is C13H18N2O4. The van der Waals surface area contributed by atoms with E-state index in [1.165, 1.54) is 17.1 Å². The van der Waals surface area contributed by atoms with E-state index >= 15 is 0 Å². The third-order valence-electron chi connectivity index (χ3n) is 3.40. The van der Waals surface area contributed by atoms with Crippen LogP contribution in [0.3, 0.4) is 0 Å². The molecule has 2 aliphatic rings. The summed E-state index contributed by atoms with van der Waals surface area (Å²) in [6.45, 7) is 3.66. The minimum Gasteiger partial charge on any atom is -0.389 e. The van der Waals surface area contributed by atoms with Crippen molar-refractivity contribution in [2.45, 2.75) is 38.5 Å². The summed E-state index contributed by atoms with van der Waals surface area (Å²) in [4.78, 5) is 25.1. The maximum Gasteiger partial charge on any atom is 0.252 e. The second kappa shape index (κ2) is 4.79. The fraction of sp³-hybridized carbons (Fsp3) is 0.538. The summed E-state index contributed by atoms with van der Waals surface area (Å²) >= 11 is 0. The van der Waals surface area contributed by atoms with E-state index in [1.54, 1.807) is 13.8 Å². The maximum atomic E-state index is 11.9. The Morgan fingerprint density at radius 2 is 2.32 bits per heavy atom. The fourth-order valence-corrected chi connectivity index (χ4v) is 2.45. The molecule has 0 spiro atoms. The highest BCUT2D eigenvalue weighted by atomic mass is 16.3. The van der Waals surface area contributed by atoms with Crippen LogP contribution in [0.25, 0.3) is 0 Å². The van der Waals surface area contributed by atoms with Gasteiger partial charge in [-0.3, -0.25) is 9.59 Å². The lowest BCUT2D eigenvalue weighted by Gasteiger charge is -2.28.